The number of aryl methyl sites for hydroxylation is 2. The molecule has 6 nitrogen and oxygen atoms in total. The SMILES string of the molecule is Cc1cn2c(CNc3cccc(NC(=O)CO)c3)c(C)nc2s1. The Balaban J connectivity index is 1.75. The van der Waals surface area contributed by atoms with Gasteiger partial charge in [0.25, 0.3) is 0 Å². The third kappa shape index (κ3) is 3.35. The van der Waals surface area contributed by atoms with Crippen LogP contribution in [0.3, 0.4) is 0 Å². The average Bonchev–Trinajstić information content (AvgIpc) is 3.00. The summed E-state index contributed by atoms with van der Waals surface area (Å²) in [6, 6.07) is 7.40. The number of nitrogens with zero attached hydrogens (tertiary/aromatic N) is 2. The maximum absolute atomic E-state index is 11.2. The first-order chi connectivity index (χ1) is 11.1. The lowest BCUT2D eigenvalue weighted by atomic mass is 10.2. The van der Waals surface area contributed by atoms with E-state index in [9.17, 15) is 4.79 Å². The normalized spacial score (nSPS) is 10.9. The minimum Gasteiger partial charge on any atom is -0.387 e. The van der Waals surface area contributed by atoms with E-state index in [1.165, 1.54) is 4.88 Å². The van der Waals surface area contributed by atoms with Gasteiger partial charge in [-0.05, 0) is 32.0 Å². The Labute approximate surface area is 137 Å². The number of anilines is 2. The number of hydrogen-bond donors (Lipinski definition) is 3. The van der Waals surface area contributed by atoms with E-state index in [-0.39, 0.29) is 0 Å². The Morgan fingerprint density at radius 3 is 2.91 bits per heavy atom. The van der Waals surface area contributed by atoms with Gasteiger partial charge in [-0.25, -0.2) is 4.98 Å². The fourth-order valence-corrected chi connectivity index (χ4v) is 3.31. The van der Waals surface area contributed by atoms with Crippen molar-refractivity contribution < 1.29 is 9.90 Å². The molecular weight excluding hydrogens is 312 g/mol. The summed E-state index contributed by atoms with van der Waals surface area (Å²) in [6.07, 6.45) is 2.09. The van der Waals surface area contributed by atoms with E-state index in [1.54, 1.807) is 17.4 Å². The monoisotopic (exact) mass is 330 g/mol. The van der Waals surface area contributed by atoms with E-state index in [2.05, 4.69) is 33.1 Å². The van der Waals surface area contributed by atoms with Crippen LogP contribution in [0.4, 0.5) is 11.4 Å². The first kappa shape index (κ1) is 15.5. The predicted octanol–water partition coefficient (Wildman–Crippen LogP) is 2.56. The minimum absolute atomic E-state index is 0.427. The predicted molar refractivity (Wildman–Crippen MR) is 92.0 cm³/mol. The van der Waals surface area contributed by atoms with Gasteiger partial charge < -0.3 is 15.7 Å². The van der Waals surface area contributed by atoms with Gasteiger partial charge in [0.1, 0.15) is 6.61 Å². The van der Waals surface area contributed by atoms with Crippen LogP contribution in [0.5, 0.6) is 0 Å². The largest absolute Gasteiger partial charge is 0.387 e. The molecule has 1 amide bonds. The number of imidazole rings is 1. The van der Waals surface area contributed by atoms with Crippen LogP contribution in [0, 0.1) is 13.8 Å². The number of thiazole rings is 1. The zero-order chi connectivity index (χ0) is 16.4. The Kier molecular flexibility index (Phi) is 4.31. The van der Waals surface area contributed by atoms with Crippen LogP contribution in [0.25, 0.3) is 4.96 Å². The number of rotatable bonds is 5. The highest BCUT2D eigenvalue weighted by molar-refractivity contribution is 7.17. The molecule has 0 aliphatic rings. The second-order valence-corrected chi connectivity index (χ2v) is 6.49. The fourth-order valence-electron chi connectivity index (χ4n) is 2.42. The van der Waals surface area contributed by atoms with Gasteiger partial charge in [-0.2, -0.15) is 0 Å². The molecule has 0 atom stereocenters. The van der Waals surface area contributed by atoms with Crippen LogP contribution in [0.2, 0.25) is 0 Å². The maximum atomic E-state index is 11.2. The maximum Gasteiger partial charge on any atom is 0.250 e. The highest BCUT2D eigenvalue weighted by atomic mass is 32.1. The van der Waals surface area contributed by atoms with Gasteiger partial charge in [-0.15, -0.1) is 11.3 Å². The molecule has 7 heteroatoms. The summed E-state index contributed by atoms with van der Waals surface area (Å²) in [7, 11) is 0. The van der Waals surface area contributed by atoms with Gasteiger partial charge in [-0.1, -0.05) is 6.07 Å². The molecule has 2 aromatic heterocycles. The molecule has 3 rings (SSSR count). The molecular formula is C16H18N4O2S. The minimum atomic E-state index is -0.526. The number of aliphatic hydroxyl groups is 1. The molecule has 23 heavy (non-hydrogen) atoms. The molecule has 2 heterocycles. The van der Waals surface area contributed by atoms with Crippen LogP contribution < -0.4 is 10.6 Å². The number of hydrogen-bond acceptors (Lipinski definition) is 5. The van der Waals surface area contributed by atoms with E-state index in [0.29, 0.717) is 12.2 Å². The summed E-state index contributed by atoms with van der Waals surface area (Å²) in [5.41, 5.74) is 3.67. The van der Waals surface area contributed by atoms with Gasteiger partial charge in [0, 0.05) is 22.4 Å². The molecule has 0 aliphatic heterocycles. The number of benzene rings is 1. The zero-order valence-corrected chi connectivity index (χ0v) is 13.8. The molecule has 0 saturated heterocycles. The van der Waals surface area contributed by atoms with Gasteiger partial charge >= 0.3 is 0 Å². The first-order valence-electron chi connectivity index (χ1n) is 7.25. The summed E-state index contributed by atoms with van der Waals surface area (Å²) in [5.74, 6) is -0.427. The van der Waals surface area contributed by atoms with Crippen molar-refractivity contribution in [3.8, 4) is 0 Å². The van der Waals surface area contributed by atoms with Gasteiger partial charge in [0.05, 0.1) is 17.9 Å². The van der Waals surface area contributed by atoms with Crippen LogP contribution >= 0.6 is 11.3 Å². The topological polar surface area (TPSA) is 78.7 Å². The van der Waals surface area contributed by atoms with E-state index in [0.717, 1.165) is 22.0 Å². The number of carbonyl (C=O) groups is 1. The Hall–Kier alpha value is -2.38. The number of aliphatic hydroxyl groups excluding tert-OH is 1. The van der Waals surface area contributed by atoms with Crippen molar-refractivity contribution in [1.29, 1.82) is 0 Å². The highest BCUT2D eigenvalue weighted by Crippen LogP contribution is 2.22. The zero-order valence-electron chi connectivity index (χ0n) is 13.0. The summed E-state index contributed by atoms with van der Waals surface area (Å²) in [6.45, 7) is 4.19. The number of aromatic nitrogens is 2. The molecule has 0 aliphatic carbocycles. The van der Waals surface area contributed by atoms with Crippen molar-refractivity contribution in [1.82, 2.24) is 9.38 Å². The fraction of sp³-hybridized carbons (Fsp3) is 0.250. The second-order valence-electron chi connectivity index (χ2n) is 5.28. The Morgan fingerprint density at radius 2 is 2.13 bits per heavy atom. The smallest absolute Gasteiger partial charge is 0.250 e. The molecule has 0 spiro atoms. The van der Waals surface area contributed by atoms with E-state index in [4.69, 9.17) is 5.11 Å². The first-order valence-corrected chi connectivity index (χ1v) is 8.07. The number of carbonyl (C=O) groups excluding carboxylic acids is 1. The molecule has 120 valence electrons. The molecule has 3 N–H and O–H groups in total. The number of nitrogens with one attached hydrogen (secondary N) is 2. The summed E-state index contributed by atoms with van der Waals surface area (Å²) in [4.78, 5) is 18.0. The van der Waals surface area contributed by atoms with Crippen LogP contribution in [0.1, 0.15) is 16.3 Å². The van der Waals surface area contributed by atoms with Gasteiger partial charge in [0.2, 0.25) is 5.91 Å². The molecule has 0 unspecified atom stereocenters. The van der Waals surface area contributed by atoms with Gasteiger partial charge in [0.15, 0.2) is 4.96 Å². The molecule has 3 aromatic rings. The molecule has 1 aromatic carbocycles. The average molecular weight is 330 g/mol. The third-order valence-corrected chi connectivity index (χ3v) is 4.39. The van der Waals surface area contributed by atoms with Crippen molar-refractivity contribution >= 4 is 33.6 Å². The van der Waals surface area contributed by atoms with E-state index < -0.39 is 12.5 Å². The van der Waals surface area contributed by atoms with Crippen molar-refractivity contribution in [2.24, 2.45) is 0 Å². The lowest BCUT2D eigenvalue weighted by Crippen LogP contribution is -2.15. The van der Waals surface area contributed by atoms with Crippen molar-refractivity contribution in [2.75, 3.05) is 17.2 Å². The summed E-state index contributed by atoms with van der Waals surface area (Å²) < 4.78 is 2.11. The van der Waals surface area contributed by atoms with Crippen LogP contribution in [-0.2, 0) is 11.3 Å². The van der Waals surface area contributed by atoms with Crippen molar-refractivity contribution in [2.45, 2.75) is 20.4 Å². The highest BCUT2D eigenvalue weighted by Gasteiger charge is 2.11. The van der Waals surface area contributed by atoms with Crippen molar-refractivity contribution in [3.05, 3.63) is 46.7 Å². The second kappa shape index (κ2) is 6.39. The molecule has 0 bridgehead atoms. The molecule has 0 fully saturated rings. The molecule has 0 saturated carbocycles. The number of amides is 1. The summed E-state index contributed by atoms with van der Waals surface area (Å²) >= 11 is 1.67. The van der Waals surface area contributed by atoms with Crippen LogP contribution in [0.15, 0.2) is 30.5 Å². The molecule has 0 radical (unpaired) electrons. The van der Waals surface area contributed by atoms with E-state index in [1.807, 2.05) is 25.1 Å². The lowest BCUT2D eigenvalue weighted by molar-refractivity contribution is -0.118. The Bertz CT molecular complexity index is 853. The quantitative estimate of drug-likeness (QED) is 0.672. The van der Waals surface area contributed by atoms with Crippen LogP contribution in [-0.4, -0.2) is 27.0 Å². The summed E-state index contributed by atoms with van der Waals surface area (Å²) in [5, 5.41) is 14.8. The van der Waals surface area contributed by atoms with Crippen molar-refractivity contribution in [3.63, 3.8) is 0 Å². The number of fused-ring (bicyclic) bond motifs is 1. The van der Waals surface area contributed by atoms with Gasteiger partial charge in [-0.3, -0.25) is 9.20 Å². The Morgan fingerprint density at radius 1 is 1.35 bits per heavy atom. The standard InChI is InChI=1S/C16H18N4O2S/c1-10-8-20-14(11(2)18-16(20)23-10)7-17-12-4-3-5-13(6-12)19-15(22)9-21/h3-6,8,17,21H,7,9H2,1-2H3,(H,19,22). The lowest BCUT2D eigenvalue weighted by Gasteiger charge is -2.09. The van der Waals surface area contributed by atoms with E-state index >= 15 is 0 Å². The third-order valence-electron chi connectivity index (χ3n) is 3.49.